The molecular formula is C8H15NO3. The highest BCUT2D eigenvalue weighted by molar-refractivity contribution is 4.99. The number of fused-ring (bicyclic) bond motifs is 1. The van der Waals surface area contributed by atoms with Crippen molar-refractivity contribution in [2.24, 2.45) is 5.92 Å². The van der Waals surface area contributed by atoms with Crippen molar-refractivity contribution >= 4 is 0 Å². The van der Waals surface area contributed by atoms with Crippen LogP contribution in [0.2, 0.25) is 0 Å². The third kappa shape index (κ3) is 1.15. The van der Waals surface area contributed by atoms with Crippen LogP contribution in [-0.2, 0) is 0 Å². The molecular weight excluding hydrogens is 158 g/mol. The van der Waals surface area contributed by atoms with Crippen LogP contribution in [0.1, 0.15) is 12.8 Å². The van der Waals surface area contributed by atoms with Crippen molar-refractivity contribution in [2.75, 3.05) is 6.54 Å². The monoisotopic (exact) mass is 173 g/mol. The number of aliphatic hydroxyl groups is 3. The van der Waals surface area contributed by atoms with Gasteiger partial charge in [0.2, 0.25) is 0 Å². The Morgan fingerprint density at radius 3 is 2.50 bits per heavy atom. The van der Waals surface area contributed by atoms with Crippen molar-refractivity contribution in [3.8, 4) is 0 Å². The van der Waals surface area contributed by atoms with Gasteiger partial charge in [-0.2, -0.15) is 0 Å². The molecule has 0 aromatic rings. The smallest absolute Gasteiger partial charge is 0.0927 e. The van der Waals surface area contributed by atoms with E-state index in [2.05, 4.69) is 5.32 Å². The van der Waals surface area contributed by atoms with E-state index in [1.54, 1.807) is 0 Å². The topological polar surface area (TPSA) is 72.7 Å². The molecule has 1 unspecified atom stereocenters. The Bertz CT molecular complexity index is 176. The number of hydrogen-bond acceptors (Lipinski definition) is 4. The van der Waals surface area contributed by atoms with E-state index >= 15 is 0 Å². The van der Waals surface area contributed by atoms with Gasteiger partial charge in [-0.3, -0.25) is 0 Å². The lowest BCUT2D eigenvalue weighted by atomic mass is 9.88. The lowest BCUT2D eigenvalue weighted by molar-refractivity contribution is -0.0735. The van der Waals surface area contributed by atoms with E-state index in [-0.39, 0.29) is 12.0 Å². The average molecular weight is 173 g/mol. The summed E-state index contributed by atoms with van der Waals surface area (Å²) in [6.07, 6.45) is -0.304. The standard InChI is InChI=1S/C8H15NO3/c10-5-2-1-4-7(5)8(12)6(11)3-9-4/h4-12H,1-3H2/t4-,5?,6+,7+,8+/m0/s1. The Kier molecular flexibility index (Phi) is 2.08. The normalized spacial score (nSPS) is 53.8. The number of aliphatic hydroxyl groups excluding tert-OH is 3. The molecule has 0 spiro atoms. The summed E-state index contributed by atoms with van der Waals surface area (Å²) in [4.78, 5) is 0. The first-order valence-electron chi connectivity index (χ1n) is 4.47. The van der Waals surface area contributed by atoms with Crippen LogP contribution in [0.15, 0.2) is 0 Å². The van der Waals surface area contributed by atoms with Crippen molar-refractivity contribution in [1.29, 1.82) is 0 Å². The number of hydrogen-bond donors (Lipinski definition) is 4. The number of rotatable bonds is 0. The molecule has 0 aromatic carbocycles. The first-order chi connectivity index (χ1) is 5.70. The highest BCUT2D eigenvalue weighted by Crippen LogP contribution is 2.32. The van der Waals surface area contributed by atoms with E-state index in [4.69, 9.17) is 0 Å². The summed E-state index contributed by atoms with van der Waals surface area (Å²) in [6.45, 7) is 0.440. The molecule has 70 valence electrons. The largest absolute Gasteiger partial charge is 0.393 e. The quantitative estimate of drug-likeness (QED) is 0.358. The molecule has 0 amide bonds. The lowest BCUT2D eigenvalue weighted by Crippen LogP contribution is -2.56. The van der Waals surface area contributed by atoms with Gasteiger partial charge in [0.25, 0.3) is 0 Å². The maximum atomic E-state index is 9.57. The molecule has 4 N–H and O–H groups in total. The second-order valence-corrected chi connectivity index (χ2v) is 3.79. The van der Waals surface area contributed by atoms with E-state index in [9.17, 15) is 15.3 Å². The molecule has 1 saturated carbocycles. The first kappa shape index (κ1) is 8.44. The molecule has 0 bridgehead atoms. The third-order valence-electron chi connectivity index (χ3n) is 3.06. The molecule has 1 aliphatic heterocycles. The zero-order chi connectivity index (χ0) is 8.72. The minimum atomic E-state index is -0.756. The van der Waals surface area contributed by atoms with Crippen LogP contribution in [0.4, 0.5) is 0 Å². The van der Waals surface area contributed by atoms with Gasteiger partial charge in [0.1, 0.15) is 0 Å². The molecule has 0 radical (unpaired) electrons. The fraction of sp³-hybridized carbons (Fsp3) is 1.00. The first-order valence-corrected chi connectivity index (χ1v) is 4.47. The molecule has 12 heavy (non-hydrogen) atoms. The Morgan fingerprint density at radius 1 is 1.00 bits per heavy atom. The highest BCUT2D eigenvalue weighted by atomic mass is 16.3. The Hall–Kier alpha value is -0.160. The van der Waals surface area contributed by atoms with E-state index in [1.165, 1.54) is 0 Å². The maximum absolute atomic E-state index is 9.57. The number of nitrogens with one attached hydrogen (secondary N) is 1. The van der Waals surface area contributed by atoms with E-state index in [0.29, 0.717) is 6.54 Å². The SMILES string of the molecule is OC1CC[C@@H]2NC[C@@H](O)[C@@H](O)[C@@H]12. The summed E-state index contributed by atoms with van der Waals surface area (Å²) in [7, 11) is 0. The van der Waals surface area contributed by atoms with Crippen molar-refractivity contribution < 1.29 is 15.3 Å². The molecule has 2 aliphatic rings. The van der Waals surface area contributed by atoms with Crippen molar-refractivity contribution in [3.63, 3.8) is 0 Å². The van der Waals surface area contributed by atoms with Gasteiger partial charge >= 0.3 is 0 Å². The second-order valence-electron chi connectivity index (χ2n) is 3.79. The van der Waals surface area contributed by atoms with Gasteiger partial charge in [-0.15, -0.1) is 0 Å². The maximum Gasteiger partial charge on any atom is 0.0927 e. The third-order valence-corrected chi connectivity index (χ3v) is 3.06. The predicted molar refractivity (Wildman–Crippen MR) is 42.5 cm³/mol. The lowest BCUT2D eigenvalue weighted by Gasteiger charge is -2.36. The Morgan fingerprint density at radius 2 is 1.75 bits per heavy atom. The molecule has 1 aliphatic carbocycles. The molecule has 1 heterocycles. The molecule has 2 fully saturated rings. The number of piperidine rings is 1. The fourth-order valence-corrected chi connectivity index (χ4v) is 2.36. The minimum Gasteiger partial charge on any atom is -0.393 e. The zero-order valence-corrected chi connectivity index (χ0v) is 6.85. The van der Waals surface area contributed by atoms with Gasteiger partial charge in [-0.1, -0.05) is 0 Å². The minimum absolute atomic E-state index is 0.172. The Labute approximate surface area is 71.2 Å². The van der Waals surface area contributed by atoms with E-state index in [1.807, 2.05) is 0 Å². The zero-order valence-electron chi connectivity index (χ0n) is 6.85. The van der Waals surface area contributed by atoms with Crippen molar-refractivity contribution in [2.45, 2.75) is 37.2 Å². The molecule has 1 saturated heterocycles. The van der Waals surface area contributed by atoms with Gasteiger partial charge in [0, 0.05) is 18.5 Å². The molecule has 4 nitrogen and oxygen atoms in total. The van der Waals surface area contributed by atoms with Crippen molar-refractivity contribution in [3.05, 3.63) is 0 Å². The van der Waals surface area contributed by atoms with Gasteiger partial charge in [-0.25, -0.2) is 0 Å². The fourth-order valence-electron chi connectivity index (χ4n) is 2.36. The van der Waals surface area contributed by atoms with Crippen molar-refractivity contribution in [1.82, 2.24) is 5.32 Å². The molecule has 5 atom stereocenters. The summed E-state index contributed by atoms with van der Waals surface area (Å²) in [5, 5.41) is 31.5. The van der Waals surface area contributed by atoms with Gasteiger partial charge in [-0.05, 0) is 12.8 Å². The molecule has 0 aromatic heterocycles. The van der Waals surface area contributed by atoms with Gasteiger partial charge in [0.15, 0.2) is 0 Å². The summed E-state index contributed by atoms with van der Waals surface area (Å²) in [5.41, 5.74) is 0. The Balaban J connectivity index is 2.11. The van der Waals surface area contributed by atoms with Gasteiger partial charge < -0.3 is 20.6 Å². The van der Waals surface area contributed by atoms with Crippen LogP contribution in [0, 0.1) is 5.92 Å². The van der Waals surface area contributed by atoms with Crippen LogP contribution >= 0.6 is 0 Å². The van der Waals surface area contributed by atoms with Gasteiger partial charge in [0.05, 0.1) is 18.3 Å². The van der Waals surface area contributed by atoms with Crippen LogP contribution in [0.3, 0.4) is 0 Å². The van der Waals surface area contributed by atoms with E-state index in [0.717, 1.165) is 12.8 Å². The summed E-state index contributed by atoms with van der Waals surface area (Å²) >= 11 is 0. The predicted octanol–water partition coefficient (Wildman–Crippen LogP) is -1.55. The van der Waals surface area contributed by atoms with Crippen LogP contribution in [-0.4, -0.2) is 46.2 Å². The van der Waals surface area contributed by atoms with E-state index < -0.39 is 18.3 Å². The second kappa shape index (κ2) is 2.96. The van der Waals surface area contributed by atoms with Crippen LogP contribution in [0.5, 0.6) is 0 Å². The number of β-amino-alcohol motifs (C(OH)–C–C–N with tert-alkyl or cyclic N) is 1. The highest BCUT2D eigenvalue weighted by Gasteiger charge is 2.45. The molecule has 2 rings (SSSR count). The van der Waals surface area contributed by atoms with Crippen LogP contribution < -0.4 is 5.32 Å². The summed E-state index contributed by atoms with van der Waals surface area (Å²) in [6, 6.07) is 0.193. The van der Waals surface area contributed by atoms with Crippen LogP contribution in [0.25, 0.3) is 0 Å². The average Bonchev–Trinajstić information content (AvgIpc) is 2.41. The molecule has 4 heteroatoms. The summed E-state index contributed by atoms with van der Waals surface area (Å²) < 4.78 is 0. The summed E-state index contributed by atoms with van der Waals surface area (Å²) in [5.74, 6) is -0.172.